The third kappa shape index (κ3) is 2.79. The van der Waals surface area contributed by atoms with Crippen LogP contribution in [-0.4, -0.2) is 34.2 Å². The lowest BCUT2D eigenvalue weighted by atomic mass is 10.0. The van der Waals surface area contributed by atoms with Crippen LogP contribution in [0.15, 0.2) is 6.07 Å². The zero-order valence-electron chi connectivity index (χ0n) is 12.9. The van der Waals surface area contributed by atoms with Crippen LogP contribution < -0.4 is 0 Å². The molecule has 0 radical (unpaired) electrons. The number of ketones is 1. The Morgan fingerprint density at radius 1 is 1.40 bits per heavy atom. The number of Topliss-reactive ketones (excluding diaryl/α,β-unsaturated/α-hetero) is 1. The van der Waals surface area contributed by atoms with E-state index in [4.69, 9.17) is 0 Å². The molecule has 4 nitrogen and oxygen atoms in total. The topological polar surface area (TPSA) is 42.3 Å². The minimum absolute atomic E-state index is 0.0525. The van der Waals surface area contributed by atoms with Crippen molar-refractivity contribution in [2.45, 2.75) is 40.0 Å². The van der Waals surface area contributed by atoms with E-state index in [2.05, 4.69) is 6.92 Å². The van der Waals surface area contributed by atoms with Crippen molar-refractivity contribution in [3.8, 4) is 0 Å². The highest BCUT2D eigenvalue weighted by atomic mass is 16.2. The van der Waals surface area contributed by atoms with Crippen molar-refractivity contribution in [3.63, 3.8) is 0 Å². The number of amides is 1. The Balaban J connectivity index is 2.05. The smallest absolute Gasteiger partial charge is 0.223 e. The number of aromatic nitrogens is 1. The number of rotatable bonds is 5. The number of carbonyl (C=O) groups is 2. The SMILES string of the molecule is CCCC1CC(=O)N(CC(=O)c2cc(C)n(C)c2C)C1. The standard InChI is InChI=1S/C16H24N2O2/c1-5-6-13-8-16(20)18(9-13)10-15(19)14-7-11(2)17(4)12(14)3/h7,13H,5-6,8-10H2,1-4H3. The summed E-state index contributed by atoms with van der Waals surface area (Å²) in [5.41, 5.74) is 2.79. The quantitative estimate of drug-likeness (QED) is 0.775. The lowest BCUT2D eigenvalue weighted by Gasteiger charge is -2.15. The summed E-state index contributed by atoms with van der Waals surface area (Å²) in [6.07, 6.45) is 2.77. The molecule has 1 atom stereocenters. The van der Waals surface area contributed by atoms with Crippen LogP contribution in [0.1, 0.15) is 47.9 Å². The van der Waals surface area contributed by atoms with Crippen LogP contribution in [0.25, 0.3) is 0 Å². The van der Waals surface area contributed by atoms with Crippen molar-refractivity contribution < 1.29 is 9.59 Å². The number of likely N-dealkylation sites (tertiary alicyclic amines) is 1. The molecule has 110 valence electrons. The van der Waals surface area contributed by atoms with Gasteiger partial charge in [0.1, 0.15) is 0 Å². The number of carbonyl (C=O) groups excluding carboxylic acids is 2. The molecule has 0 bridgehead atoms. The maximum atomic E-state index is 12.4. The molecular weight excluding hydrogens is 252 g/mol. The molecule has 0 N–H and O–H groups in total. The van der Waals surface area contributed by atoms with Gasteiger partial charge < -0.3 is 9.47 Å². The first kappa shape index (κ1) is 14.8. The predicted octanol–water partition coefficient (Wildman–Crippen LogP) is 2.47. The van der Waals surface area contributed by atoms with E-state index in [-0.39, 0.29) is 18.2 Å². The highest BCUT2D eigenvalue weighted by Gasteiger charge is 2.30. The second-order valence-corrected chi connectivity index (χ2v) is 5.90. The van der Waals surface area contributed by atoms with Gasteiger partial charge in [0.05, 0.1) is 6.54 Å². The van der Waals surface area contributed by atoms with E-state index in [0.717, 1.165) is 36.3 Å². The van der Waals surface area contributed by atoms with Gasteiger partial charge >= 0.3 is 0 Å². The summed E-state index contributed by atoms with van der Waals surface area (Å²) in [4.78, 5) is 26.1. The molecule has 1 aromatic heterocycles. The van der Waals surface area contributed by atoms with Gasteiger partial charge in [0.25, 0.3) is 0 Å². The van der Waals surface area contributed by atoms with Crippen molar-refractivity contribution in [2.24, 2.45) is 13.0 Å². The fourth-order valence-corrected chi connectivity index (χ4v) is 3.00. The minimum Gasteiger partial charge on any atom is -0.351 e. The number of hydrogen-bond acceptors (Lipinski definition) is 2. The van der Waals surface area contributed by atoms with Gasteiger partial charge in [-0.1, -0.05) is 13.3 Å². The predicted molar refractivity (Wildman–Crippen MR) is 78.8 cm³/mol. The van der Waals surface area contributed by atoms with Gasteiger partial charge in [-0.25, -0.2) is 0 Å². The van der Waals surface area contributed by atoms with Gasteiger partial charge in [-0.2, -0.15) is 0 Å². The maximum absolute atomic E-state index is 12.4. The molecule has 1 saturated heterocycles. The second kappa shape index (κ2) is 5.81. The molecule has 2 rings (SSSR count). The summed E-state index contributed by atoms with van der Waals surface area (Å²) in [6, 6.07) is 1.92. The highest BCUT2D eigenvalue weighted by Crippen LogP contribution is 2.23. The van der Waals surface area contributed by atoms with E-state index in [1.165, 1.54) is 0 Å². The van der Waals surface area contributed by atoms with Crippen LogP contribution in [0.5, 0.6) is 0 Å². The van der Waals surface area contributed by atoms with Crippen molar-refractivity contribution in [2.75, 3.05) is 13.1 Å². The van der Waals surface area contributed by atoms with Crippen LogP contribution >= 0.6 is 0 Å². The zero-order chi connectivity index (χ0) is 14.9. The van der Waals surface area contributed by atoms with E-state index in [0.29, 0.717) is 12.3 Å². The van der Waals surface area contributed by atoms with Gasteiger partial charge in [0.15, 0.2) is 5.78 Å². The Hall–Kier alpha value is -1.58. The molecule has 1 fully saturated rings. The van der Waals surface area contributed by atoms with Crippen LogP contribution in [0.2, 0.25) is 0 Å². The second-order valence-electron chi connectivity index (χ2n) is 5.90. The van der Waals surface area contributed by atoms with Gasteiger partial charge in [-0.15, -0.1) is 0 Å². The van der Waals surface area contributed by atoms with Crippen LogP contribution in [0.3, 0.4) is 0 Å². The van der Waals surface area contributed by atoms with Gasteiger partial charge in [0, 0.05) is 37.0 Å². The fourth-order valence-electron chi connectivity index (χ4n) is 3.00. The van der Waals surface area contributed by atoms with E-state index in [1.54, 1.807) is 4.90 Å². The third-order valence-corrected chi connectivity index (χ3v) is 4.40. The summed E-state index contributed by atoms with van der Waals surface area (Å²) in [6.45, 7) is 7.04. The molecule has 0 spiro atoms. The number of aryl methyl sites for hydroxylation is 1. The summed E-state index contributed by atoms with van der Waals surface area (Å²) in [5, 5.41) is 0. The Morgan fingerprint density at radius 3 is 2.65 bits per heavy atom. The normalized spacial score (nSPS) is 18.9. The Labute approximate surface area is 120 Å². The molecular formula is C16H24N2O2. The molecule has 1 aromatic rings. The average molecular weight is 276 g/mol. The summed E-state index contributed by atoms with van der Waals surface area (Å²) in [7, 11) is 1.96. The molecule has 0 saturated carbocycles. The summed E-state index contributed by atoms with van der Waals surface area (Å²) < 4.78 is 2.01. The van der Waals surface area contributed by atoms with E-state index >= 15 is 0 Å². The summed E-state index contributed by atoms with van der Waals surface area (Å²) >= 11 is 0. The molecule has 1 unspecified atom stereocenters. The lowest BCUT2D eigenvalue weighted by molar-refractivity contribution is -0.127. The van der Waals surface area contributed by atoms with Crippen molar-refractivity contribution >= 4 is 11.7 Å². The molecule has 4 heteroatoms. The van der Waals surface area contributed by atoms with Crippen molar-refractivity contribution in [1.29, 1.82) is 0 Å². The maximum Gasteiger partial charge on any atom is 0.223 e. The Morgan fingerprint density at radius 2 is 2.10 bits per heavy atom. The molecule has 20 heavy (non-hydrogen) atoms. The molecule has 0 aromatic carbocycles. The van der Waals surface area contributed by atoms with Crippen LogP contribution in [0.4, 0.5) is 0 Å². The largest absolute Gasteiger partial charge is 0.351 e. The molecule has 1 aliphatic rings. The fraction of sp³-hybridized carbons (Fsp3) is 0.625. The molecule has 0 aliphatic carbocycles. The highest BCUT2D eigenvalue weighted by molar-refractivity contribution is 6.00. The van der Waals surface area contributed by atoms with Crippen molar-refractivity contribution in [1.82, 2.24) is 9.47 Å². The monoisotopic (exact) mass is 276 g/mol. The molecule has 1 aliphatic heterocycles. The van der Waals surface area contributed by atoms with Crippen molar-refractivity contribution in [3.05, 3.63) is 23.0 Å². The first-order valence-electron chi connectivity index (χ1n) is 7.38. The van der Waals surface area contributed by atoms with Crippen LogP contribution in [-0.2, 0) is 11.8 Å². The number of nitrogens with zero attached hydrogens (tertiary/aromatic N) is 2. The number of hydrogen-bond donors (Lipinski definition) is 0. The van der Waals surface area contributed by atoms with Gasteiger partial charge in [-0.05, 0) is 32.3 Å². The third-order valence-electron chi connectivity index (χ3n) is 4.40. The van der Waals surface area contributed by atoms with E-state index < -0.39 is 0 Å². The van der Waals surface area contributed by atoms with Gasteiger partial charge in [0.2, 0.25) is 5.91 Å². The molecule has 1 amide bonds. The lowest BCUT2D eigenvalue weighted by Crippen LogP contribution is -2.31. The van der Waals surface area contributed by atoms with E-state index in [1.807, 2.05) is 31.5 Å². The van der Waals surface area contributed by atoms with Gasteiger partial charge in [-0.3, -0.25) is 9.59 Å². The minimum atomic E-state index is 0.0525. The molecule has 2 heterocycles. The average Bonchev–Trinajstić information content (AvgIpc) is 2.85. The zero-order valence-corrected chi connectivity index (χ0v) is 12.9. The summed E-state index contributed by atoms with van der Waals surface area (Å²) in [5.74, 6) is 0.609. The van der Waals surface area contributed by atoms with Crippen LogP contribution in [0, 0.1) is 19.8 Å². The first-order chi connectivity index (χ1) is 9.43. The van der Waals surface area contributed by atoms with E-state index in [9.17, 15) is 9.59 Å². The Bertz CT molecular complexity index is 531. The first-order valence-corrected chi connectivity index (χ1v) is 7.38. The Kier molecular flexibility index (Phi) is 4.31.